The van der Waals surface area contributed by atoms with Crippen LogP contribution >= 0.6 is 0 Å². The van der Waals surface area contributed by atoms with E-state index in [1.165, 1.54) is 6.92 Å². The Hall–Kier alpha value is 0.750. The SMILES string of the molecule is CCS(=O)(=O)O.[Na+].[O-]CCOCCOCCO. The van der Waals surface area contributed by atoms with Crippen molar-refractivity contribution in [2.75, 3.05) is 45.4 Å². The largest absolute Gasteiger partial charge is 1.00 e. The molecule has 0 aromatic rings. The standard InChI is InChI=1S/C6H13O4.C2H6O3S.Na/c7-1-3-9-5-6-10-4-2-8;1-2-6(3,4)5;/h7H,1-6H2;2H2,1H3,(H,3,4,5);/q-1;;+1. The van der Waals surface area contributed by atoms with Gasteiger partial charge >= 0.3 is 29.6 Å². The summed E-state index contributed by atoms with van der Waals surface area (Å²) in [6, 6.07) is 0. The van der Waals surface area contributed by atoms with E-state index in [1.807, 2.05) is 0 Å². The van der Waals surface area contributed by atoms with Gasteiger partial charge in [0.15, 0.2) is 0 Å². The normalized spacial score (nSPS) is 10.1. The summed E-state index contributed by atoms with van der Waals surface area (Å²) in [7, 11) is -3.66. The third-order valence-electron chi connectivity index (χ3n) is 1.20. The Kier molecular flexibility index (Phi) is 22.6. The van der Waals surface area contributed by atoms with Crippen LogP contribution in [0.2, 0.25) is 0 Å². The number of ether oxygens (including phenoxy) is 2. The molecule has 17 heavy (non-hydrogen) atoms. The van der Waals surface area contributed by atoms with E-state index in [1.54, 1.807) is 0 Å². The molecular weight excluding hydrogens is 263 g/mol. The molecule has 0 heterocycles. The second-order valence-corrected chi connectivity index (χ2v) is 4.26. The molecule has 0 bridgehead atoms. The summed E-state index contributed by atoms with van der Waals surface area (Å²) in [4.78, 5) is 0. The van der Waals surface area contributed by atoms with Crippen LogP contribution in [0.5, 0.6) is 0 Å². The van der Waals surface area contributed by atoms with Gasteiger partial charge in [0, 0.05) is 6.61 Å². The summed E-state index contributed by atoms with van der Waals surface area (Å²) in [5.41, 5.74) is 0. The van der Waals surface area contributed by atoms with E-state index in [-0.39, 0.29) is 55.1 Å². The molecule has 0 aromatic heterocycles. The molecule has 0 aliphatic rings. The average molecular weight is 282 g/mol. The minimum Gasteiger partial charge on any atom is -0.853 e. The van der Waals surface area contributed by atoms with Crippen molar-refractivity contribution in [2.24, 2.45) is 0 Å². The Labute approximate surface area is 124 Å². The third-order valence-corrected chi connectivity index (χ3v) is 1.93. The first-order valence-electron chi connectivity index (χ1n) is 4.77. The summed E-state index contributed by atoms with van der Waals surface area (Å²) in [5.74, 6) is -0.201. The molecule has 0 saturated carbocycles. The second-order valence-electron chi connectivity index (χ2n) is 2.52. The molecule has 0 amide bonds. The van der Waals surface area contributed by atoms with E-state index >= 15 is 0 Å². The Bertz CT molecular complexity index is 212. The smallest absolute Gasteiger partial charge is 0.853 e. The predicted molar refractivity (Wildman–Crippen MR) is 55.7 cm³/mol. The molecule has 0 aromatic carbocycles. The van der Waals surface area contributed by atoms with Crippen molar-refractivity contribution in [1.82, 2.24) is 0 Å². The zero-order chi connectivity index (χ0) is 12.9. The first-order chi connectivity index (χ1) is 7.47. The first kappa shape index (κ1) is 22.9. The average Bonchev–Trinajstić information content (AvgIpc) is 2.23. The van der Waals surface area contributed by atoms with Crippen LogP contribution in [0.4, 0.5) is 0 Å². The molecular formula is C8H19NaO7S. The van der Waals surface area contributed by atoms with Crippen LogP contribution in [-0.2, 0) is 19.6 Å². The maximum atomic E-state index is 9.81. The van der Waals surface area contributed by atoms with Crippen LogP contribution in [0.1, 0.15) is 6.92 Å². The zero-order valence-corrected chi connectivity index (χ0v) is 13.1. The molecule has 7 nitrogen and oxygen atoms in total. The number of hydrogen-bond acceptors (Lipinski definition) is 6. The fourth-order valence-electron chi connectivity index (χ4n) is 0.445. The van der Waals surface area contributed by atoms with Crippen LogP contribution < -0.4 is 34.7 Å². The molecule has 0 aliphatic carbocycles. The van der Waals surface area contributed by atoms with Crippen LogP contribution in [0.15, 0.2) is 0 Å². The van der Waals surface area contributed by atoms with Gasteiger partial charge in [-0.1, -0.05) is 0 Å². The van der Waals surface area contributed by atoms with Crippen molar-refractivity contribution in [3.63, 3.8) is 0 Å². The summed E-state index contributed by atoms with van der Waals surface area (Å²) >= 11 is 0. The van der Waals surface area contributed by atoms with E-state index in [2.05, 4.69) is 0 Å². The van der Waals surface area contributed by atoms with Crippen LogP contribution in [0, 0.1) is 0 Å². The number of aliphatic hydroxyl groups excluding tert-OH is 1. The molecule has 0 saturated heterocycles. The van der Waals surface area contributed by atoms with E-state index in [9.17, 15) is 13.5 Å². The van der Waals surface area contributed by atoms with Crippen molar-refractivity contribution in [2.45, 2.75) is 6.92 Å². The van der Waals surface area contributed by atoms with Gasteiger partial charge in [-0.15, -0.1) is 6.61 Å². The fraction of sp³-hybridized carbons (Fsp3) is 1.00. The van der Waals surface area contributed by atoms with Gasteiger partial charge in [-0.05, 0) is 6.92 Å². The summed E-state index contributed by atoms with van der Waals surface area (Å²) in [5, 5.41) is 18.1. The minimum absolute atomic E-state index is 0. The molecule has 0 spiro atoms. The van der Waals surface area contributed by atoms with E-state index in [0.29, 0.717) is 19.8 Å². The Morgan fingerprint density at radius 1 is 1.12 bits per heavy atom. The molecule has 2 N–H and O–H groups in total. The molecule has 0 atom stereocenters. The summed E-state index contributed by atoms with van der Waals surface area (Å²) in [6.07, 6.45) is 0. The molecule has 9 heteroatoms. The fourth-order valence-corrected chi connectivity index (χ4v) is 0.445. The van der Waals surface area contributed by atoms with Gasteiger partial charge in [0.1, 0.15) is 0 Å². The third kappa shape index (κ3) is 31.5. The molecule has 0 fully saturated rings. The van der Waals surface area contributed by atoms with Crippen LogP contribution in [-0.4, -0.2) is 63.5 Å². The number of hydrogen-bond donors (Lipinski definition) is 2. The summed E-state index contributed by atoms with van der Waals surface area (Å²) < 4.78 is 36.6. The summed E-state index contributed by atoms with van der Waals surface area (Å²) in [6.45, 7) is 2.64. The second kappa shape index (κ2) is 16.8. The zero-order valence-electron chi connectivity index (χ0n) is 10.3. The van der Waals surface area contributed by atoms with Crippen molar-refractivity contribution < 1.29 is 62.2 Å². The maximum absolute atomic E-state index is 9.81. The van der Waals surface area contributed by atoms with Crippen LogP contribution in [0.25, 0.3) is 0 Å². The van der Waals surface area contributed by atoms with Gasteiger partial charge in [0.25, 0.3) is 10.1 Å². The first-order valence-corrected chi connectivity index (χ1v) is 6.38. The van der Waals surface area contributed by atoms with Gasteiger partial charge in [-0.3, -0.25) is 4.55 Å². The minimum atomic E-state index is -3.66. The molecule has 0 rings (SSSR count). The quantitative estimate of drug-likeness (QED) is 0.261. The van der Waals surface area contributed by atoms with E-state index in [4.69, 9.17) is 19.1 Å². The van der Waals surface area contributed by atoms with Gasteiger partial charge in [0.2, 0.25) is 0 Å². The van der Waals surface area contributed by atoms with Gasteiger partial charge in [-0.2, -0.15) is 8.42 Å². The Morgan fingerprint density at radius 2 is 1.53 bits per heavy atom. The Balaban J connectivity index is -0.000000244. The van der Waals surface area contributed by atoms with Crippen LogP contribution in [0.3, 0.4) is 0 Å². The van der Waals surface area contributed by atoms with Crippen molar-refractivity contribution in [1.29, 1.82) is 0 Å². The topological polar surface area (TPSA) is 116 Å². The Morgan fingerprint density at radius 3 is 1.82 bits per heavy atom. The predicted octanol–water partition coefficient (Wildman–Crippen LogP) is -4.73. The van der Waals surface area contributed by atoms with Crippen molar-refractivity contribution in [3.8, 4) is 0 Å². The van der Waals surface area contributed by atoms with Gasteiger partial charge in [-0.25, -0.2) is 0 Å². The van der Waals surface area contributed by atoms with Crippen molar-refractivity contribution in [3.05, 3.63) is 0 Å². The van der Waals surface area contributed by atoms with Crippen molar-refractivity contribution >= 4 is 10.1 Å². The van der Waals surface area contributed by atoms with Gasteiger partial charge in [0.05, 0.1) is 32.2 Å². The maximum Gasteiger partial charge on any atom is 1.00 e. The van der Waals surface area contributed by atoms with Gasteiger partial charge < -0.3 is 19.7 Å². The molecule has 0 unspecified atom stereocenters. The number of rotatable bonds is 8. The van der Waals surface area contributed by atoms with E-state index in [0.717, 1.165) is 0 Å². The molecule has 0 aliphatic heterocycles. The molecule has 100 valence electrons. The molecule has 0 radical (unpaired) electrons. The number of aliphatic hydroxyl groups is 1. The monoisotopic (exact) mass is 282 g/mol. The van der Waals surface area contributed by atoms with E-state index < -0.39 is 10.1 Å².